The maximum absolute atomic E-state index is 12.0. The number of carbonyl (C=O) groups is 4. The Morgan fingerprint density at radius 1 is 0.714 bits per heavy atom. The molecule has 0 amide bonds. The van der Waals surface area contributed by atoms with Crippen LogP contribution in [0.5, 0.6) is 0 Å². The van der Waals surface area contributed by atoms with Gasteiger partial charge in [0.25, 0.3) is 0 Å². The van der Waals surface area contributed by atoms with Crippen molar-refractivity contribution in [2.24, 2.45) is 0 Å². The maximum atomic E-state index is 12.0. The van der Waals surface area contributed by atoms with Gasteiger partial charge < -0.3 is 20.7 Å². The molecule has 5 N–H and O–H groups in total. The Labute approximate surface area is 197 Å². The first-order chi connectivity index (χ1) is 16.8. The second-order valence-corrected chi connectivity index (χ2v) is 6.75. The van der Waals surface area contributed by atoms with E-state index in [0.717, 1.165) is 11.3 Å². The molecular weight excluding hydrogens is 458 g/mol. The fraction of sp³-hybridized carbons (Fsp3) is 0. The number of aromatic carboxylic acids is 2. The van der Waals surface area contributed by atoms with Gasteiger partial charge in [0.2, 0.25) is 0 Å². The van der Waals surface area contributed by atoms with Crippen molar-refractivity contribution in [2.45, 2.75) is 0 Å². The first-order valence-corrected chi connectivity index (χ1v) is 9.78. The number of nitrogens with one attached hydrogen (secondary N) is 1. The Balaban J connectivity index is 0.000000237. The molecule has 0 aliphatic carbocycles. The standard InChI is InChI=1S/C16H10O7.C7H7N5/c17-13(18)9-5-1-3-7-11(9)15(21)23-16(22)12-8-4-2-6-10(12)14(19)20;8-6-3-1-5(2-4-6)7-9-11-12-10-7/h1-8H,(H,17,18)(H,19,20);1-4H,8H2,(H,9,10,11,12). The van der Waals surface area contributed by atoms with Crippen molar-refractivity contribution in [2.75, 3.05) is 5.73 Å². The number of benzene rings is 3. The average molecular weight is 475 g/mol. The average Bonchev–Trinajstić information content (AvgIpc) is 3.40. The second kappa shape index (κ2) is 11.0. The number of nitrogens with two attached hydrogens (primary N) is 1. The van der Waals surface area contributed by atoms with Crippen molar-refractivity contribution < 1.29 is 34.1 Å². The molecule has 1 aromatic heterocycles. The van der Waals surface area contributed by atoms with Gasteiger partial charge in [0, 0.05) is 11.3 Å². The quantitative estimate of drug-likeness (QED) is 0.188. The number of anilines is 1. The molecule has 4 rings (SSSR count). The molecule has 0 saturated carbocycles. The Morgan fingerprint density at radius 3 is 1.57 bits per heavy atom. The smallest absolute Gasteiger partial charge is 0.346 e. The molecule has 0 saturated heterocycles. The Morgan fingerprint density at radius 2 is 1.17 bits per heavy atom. The zero-order chi connectivity index (χ0) is 25.4. The molecule has 3 aromatic carbocycles. The number of carbonyl (C=O) groups excluding carboxylic acids is 2. The number of carboxylic acid groups (broad SMARTS) is 2. The number of hydrogen-bond acceptors (Lipinski definition) is 9. The summed E-state index contributed by atoms with van der Waals surface area (Å²) < 4.78 is 4.60. The highest BCUT2D eigenvalue weighted by Gasteiger charge is 2.23. The van der Waals surface area contributed by atoms with E-state index < -0.39 is 23.9 Å². The molecule has 0 aliphatic rings. The number of aromatic nitrogens is 4. The van der Waals surface area contributed by atoms with Crippen molar-refractivity contribution in [3.63, 3.8) is 0 Å². The van der Waals surface area contributed by atoms with Crippen LogP contribution in [-0.4, -0.2) is 54.7 Å². The third kappa shape index (κ3) is 6.10. The lowest BCUT2D eigenvalue weighted by molar-refractivity contribution is 0.0386. The summed E-state index contributed by atoms with van der Waals surface area (Å²) in [6.07, 6.45) is 0. The highest BCUT2D eigenvalue weighted by atomic mass is 16.6. The van der Waals surface area contributed by atoms with Gasteiger partial charge in [0.05, 0.1) is 22.3 Å². The minimum Gasteiger partial charge on any atom is -0.478 e. The van der Waals surface area contributed by atoms with E-state index in [1.54, 1.807) is 12.1 Å². The zero-order valence-corrected chi connectivity index (χ0v) is 17.8. The molecule has 0 aliphatic heterocycles. The van der Waals surface area contributed by atoms with E-state index in [9.17, 15) is 19.2 Å². The molecule has 0 spiro atoms. The van der Waals surface area contributed by atoms with Gasteiger partial charge in [0.1, 0.15) is 0 Å². The number of carboxylic acids is 2. The molecule has 12 nitrogen and oxygen atoms in total. The summed E-state index contributed by atoms with van der Waals surface area (Å²) in [7, 11) is 0. The molecule has 0 fully saturated rings. The van der Waals surface area contributed by atoms with Crippen LogP contribution in [0.2, 0.25) is 0 Å². The Hall–Kier alpha value is -5.39. The van der Waals surface area contributed by atoms with Crippen LogP contribution in [0.15, 0.2) is 72.8 Å². The van der Waals surface area contributed by atoms with Crippen LogP contribution in [0.1, 0.15) is 41.4 Å². The van der Waals surface area contributed by atoms with E-state index in [4.69, 9.17) is 15.9 Å². The molecule has 35 heavy (non-hydrogen) atoms. The van der Waals surface area contributed by atoms with E-state index in [1.807, 2.05) is 12.1 Å². The second-order valence-electron chi connectivity index (χ2n) is 6.75. The molecule has 0 bridgehead atoms. The van der Waals surface area contributed by atoms with Crippen molar-refractivity contribution >= 4 is 29.6 Å². The SMILES string of the molecule is Nc1ccc(-c2nnn[nH]2)cc1.O=C(O)c1ccccc1C(=O)OC(=O)c1ccccc1C(=O)O. The van der Waals surface area contributed by atoms with E-state index in [1.165, 1.54) is 48.5 Å². The lowest BCUT2D eigenvalue weighted by Gasteiger charge is -2.07. The van der Waals surface area contributed by atoms with Crippen LogP contribution in [0.25, 0.3) is 11.4 Å². The van der Waals surface area contributed by atoms with E-state index >= 15 is 0 Å². The minimum atomic E-state index is -1.35. The number of nitrogens with zero attached hydrogens (tertiary/aromatic N) is 3. The van der Waals surface area contributed by atoms with Crippen LogP contribution in [0.4, 0.5) is 5.69 Å². The molecule has 0 atom stereocenters. The Kier molecular flexibility index (Phi) is 7.60. The molecule has 0 radical (unpaired) electrons. The van der Waals surface area contributed by atoms with Gasteiger partial charge in [-0.15, -0.1) is 5.10 Å². The van der Waals surface area contributed by atoms with Gasteiger partial charge in [-0.3, -0.25) is 0 Å². The fourth-order valence-electron chi connectivity index (χ4n) is 2.81. The topological polar surface area (TPSA) is 198 Å². The number of ether oxygens (including phenoxy) is 1. The van der Waals surface area contributed by atoms with Crippen LogP contribution in [-0.2, 0) is 4.74 Å². The van der Waals surface area contributed by atoms with Crippen molar-refractivity contribution in [3.05, 3.63) is 95.1 Å². The fourth-order valence-corrected chi connectivity index (χ4v) is 2.81. The molecular formula is C23H17N5O7. The summed E-state index contributed by atoms with van der Waals surface area (Å²) in [4.78, 5) is 46.1. The number of tetrazole rings is 1. The van der Waals surface area contributed by atoms with Gasteiger partial charge >= 0.3 is 23.9 Å². The van der Waals surface area contributed by atoms with Crippen LogP contribution >= 0.6 is 0 Å². The van der Waals surface area contributed by atoms with Crippen molar-refractivity contribution in [1.29, 1.82) is 0 Å². The van der Waals surface area contributed by atoms with E-state index in [0.29, 0.717) is 5.82 Å². The number of rotatable bonds is 5. The lowest BCUT2D eigenvalue weighted by Crippen LogP contribution is -2.18. The number of nitrogen functional groups attached to an aromatic ring is 1. The lowest BCUT2D eigenvalue weighted by atomic mass is 10.1. The highest BCUT2D eigenvalue weighted by Crippen LogP contribution is 2.15. The molecule has 12 heteroatoms. The van der Waals surface area contributed by atoms with Gasteiger partial charge in [0.15, 0.2) is 5.82 Å². The summed E-state index contributed by atoms with van der Waals surface area (Å²) >= 11 is 0. The van der Waals surface area contributed by atoms with Gasteiger partial charge in [-0.25, -0.2) is 24.3 Å². The van der Waals surface area contributed by atoms with Crippen molar-refractivity contribution in [1.82, 2.24) is 20.6 Å². The maximum Gasteiger partial charge on any atom is 0.346 e. The minimum absolute atomic E-state index is 0.304. The van der Waals surface area contributed by atoms with Crippen LogP contribution in [0, 0.1) is 0 Å². The predicted octanol–water partition coefficient (Wildman–Crippen LogP) is 2.53. The number of aromatic amines is 1. The first kappa shape index (κ1) is 24.3. The Bertz CT molecular complexity index is 1300. The summed E-state index contributed by atoms with van der Waals surface area (Å²) in [5.41, 5.74) is 5.92. The first-order valence-electron chi connectivity index (χ1n) is 9.78. The predicted molar refractivity (Wildman–Crippen MR) is 121 cm³/mol. The molecule has 4 aromatic rings. The summed E-state index contributed by atoms with van der Waals surface area (Å²) in [5.74, 6) is -4.40. The van der Waals surface area contributed by atoms with Crippen LogP contribution in [0.3, 0.4) is 0 Å². The third-order valence-electron chi connectivity index (χ3n) is 4.47. The largest absolute Gasteiger partial charge is 0.478 e. The van der Waals surface area contributed by atoms with Gasteiger partial charge in [-0.1, -0.05) is 24.3 Å². The zero-order valence-electron chi connectivity index (χ0n) is 17.8. The third-order valence-corrected chi connectivity index (χ3v) is 4.47. The van der Waals surface area contributed by atoms with Gasteiger partial charge in [-0.2, -0.15) is 0 Å². The number of esters is 2. The van der Waals surface area contributed by atoms with E-state index in [2.05, 4.69) is 25.4 Å². The number of hydrogen-bond donors (Lipinski definition) is 4. The van der Waals surface area contributed by atoms with Crippen LogP contribution < -0.4 is 5.73 Å². The summed E-state index contributed by atoms with van der Waals surface area (Å²) in [6.45, 7) is 0. The molecule has 176 valence electrons. The number of H-pyrrole nitrogens is 1. The van der Waals surface area contributed by atoms with Crippen molar-refractivity contribution in [3.8, 4) is 11.4 Å². The summed E-state index contributed by atoms with van der Waals surface area (Å²) in [6, 6.07) is 17.8. The van der Waals surface area contributed by atoms with Gasteiger partial charge in [-0.05, 0) is 59.0 Å². The highest BCUT2D eigenvalue weighted by molar-refractivity contribution is 6.10. The summed E-state index contributed by atoms with van der Waals surface area (Å²) in [5, 5.41) is 31.4. The molecule has 1 heterocycles. The van der Waals surface area contributed by atoms with E-state index in [-0.39, 0.29) is 22.3 Å². The normalized spacial score (nSPS) is 9.94. The monoisotopic (exact) mass is 475 g/mol. The molecule has 0 unspecified atom stereocenters.